The van der Waals surface area contributed by atoms with Crippen LogP contribution in [-0.4, -0.2) is 42.2 Å². The molecule has 1 aromatic heterocycles. The van der Waals surface area contributed by atoms with Crippen molar-refractivity contribution < 1.29 is 9.47 Å². The van der Waals surface area contributed by atoms with Crippen molar-refractivity contribution in [1.29, 1.82) is 0 Å². The number of hydrogen-bond acceptors (Lipinski definition) is 5. The number of pyridine rings is 1. The van der Waals surface area contributed by atoms with Crippen LogP contribution in [-0.2, 0) is 13.1 Å². The van der Waals surface area contributed by atoms with Gasteiger partial charge in [0.2, 0.25) is 0 Å². The smallest absolute Gasteiger partial charge is 0.120 e. The molecule has 0 saturated carbocycles. The number of nitrogens with zero attached hydrogens (tertiary/aromatic N) is 2. The first-order valence-electron chi connectivity index (χ1n) is 12.0. The standard InChI is InChI=1S/C28H33N3O2/c1-31-23-9-10-24(31)16-27(15-23)33-26-5-3-4-20(14-26)17-29-18-21-6-13-28(30-19-21)22-7-11-25(32-2)12-8-22/h3-8,11-14,19,23-24,27,29H,9-10,15-18H2,1-2H3/t23-,24+,27?. The molecule has 3 heterocycles. The summed E-state index contributed by atoms with van der Waals surface area (Å²) in [6, 6.07) is 22.1. The summed E-state index contributed by atoms with van der Waals surface area (Å²) < 4.78 is 11.6. The van der Waals surface area contributed by atoms with Gasteiger partial charge in [-0.15, -0.1) is 0 Å². The maximum absolute atomic E-state index is 6.39. The van der Waals surface area contributed by atoms with Gasteiger partial charge in [-0.2, -0.15) is 0 Å². The number of nitrogens with one attached hydrogen (secondary N) is 1. The van der Waals surface area contributed by atoms with Gasteiger partial charge in [-0.25, -0.2) is 0 Å². The fourth-order valence-corrected chi connectivity index (χ4v) is 5.19. The van der Waals surface area contributed by atoms with E-state index in [4.69, 9.17) is 9.47 Å². The lowest BCUT2D eigenvalue weighted by Gasteiger charge is -2.36. The molecule has 1 unspecified atom stereocenters. The van der Waals surface area contributed by atoms with Crippen molar-refractivity contribution in [1.82, 2.24) is 15.2 Å². The second-order valence-corrected chi connectivity index (χ2v) is 9.29. The van der Waals surface area contributed by atoms with Crippen LogP contribution in [0.2, 0.25) is 0 Å². The fraction of sp³-hybridized carbons (Fsp3) is 0.393. The summed E-state index contributed by atoms with van der Waals surface area (Å²) in [6.45, 7) is 1.58. The minimum absolute atomic E-state index is 0.345. The number of benzene rings is 2. The van der Waals surface area contributed by atoms with E-state index in [0.717, 1.165) is 48.7 Å². The first kappa shape index (κ1) is 21.9. The van der Waals surface area contributed by atoms with E-state index in [-0.39, 0.29) is 0 Å². The van der Waals surface area contributed by atoms with Gasteiger partial charge in [0.05, 0.1) is 12.8 Å². The zero-order valence-corrected chi connectivity index (χ0v) is 19.5. The van der Waals surface area contributed by atoms with Gasteiger partial charge in [0.1, 0.15) is 17.6 Å². The van der Waals surface area contributed by atoms with Crippen molar-refractivity contribution in [2.24, 2.45) is 0 Å². The van der Waals surface area contributed by atoms with Crippen molar-refractivity contribution in [3.8, 4) is 22.8 Å². The lowest BCUT2D eigenvalue weighted by Crippen LogP contribution is -2.43. The Balaban J connectivity index is 1.12. The molecular formula is C28H33N3O2. The van der Waals surface area contributed by atoms with Gasteiger partial charge in [-0.1, -0.05) is 18.2 Å². The molecule has 2 bridgehead atoms. The van der Waals surface area contributed by atoms with Gasteiger partial charge in [-0.05, 0) is 86.3 Å². The Kier molecular flexibility index (Phi) is 6.60. The third kappa shape index (κ3) is 5.21. The van der Waals surface area contributed by atoms with Crippen LogP contribution in [0, 0.1) is 0 Å². The molecule has 2 fully saturated rings. The second kappa shape index (κ2) is 9.94. The van der Waals surface area contributed by atoms with Crippen LogP contribution in [0.25, 0.3) is 11.3 Å². The number of methoxy groups -OCH3 is 1. The van der Waals surface area contributed by atoms with Crippen molar-refractivity contribution in [2.75, 3.05) is 14.2 Å². The maximum Gasteiger partial charge on any atom is 0.120 e. The molecule has 3 atom stereocenters. The van der Waals surface area contributed by atoms with Gasteiger partial charge >= 0.3 is 0 Å². The topological polar surface area (TPSA) is 46.6 Å². The summed E-state index contributed by atoms with van der Waals surface area (Å²) in [5.74, 6) is 1.85. The molecule has 2 saturated heterocycles. The van der Waals surface area contributed by atoms with E-state index in [2.05, 4.69) is 58.6 Å². The zero-order chi connectivity index (χ0) is 22.6. The predicted molar refractivity (Wildman–Crippen MR) is 131 cm³/mol. The number of aromatic nitrogens is 1. The monoisotopic (exact) mass is 443 g/mol. The van der Waals surface area contributed by atoms with E-state index < -0.39 is 0 Å². The van der Waals surface area contributed by atoms with E-state index in [1.165, 1.54) is 24.0 Å². The first-order valence-corrected chi connectivity index (χ1v) is 12.0. The lowest BCUT2D eigenvalue weighted by molar-refractivity contribution is 0.0661. The van der Waals surface area contributed by atoms with Crippen LogP contribution in [0.4, 0.5) is 0 Å². The summed E-state index contributed by atoms with van der Waals surface area (Å²) in [4.78, 5) is 7.18. The molecule has 2 aromatic carbocycles. The minimum Gasteiger partial charge on any atom is -0.497 e. The number of rotatable bonds is 8. The number of hydrogen-bond donors (Lipinski definition) is 1. The Morgan fingerprint density at radius 2 is 1.67 bits per heavy atom. The summed E-state index contributed by atoms with van der Waals surface area (Å²) in [7, 11) is 3.95. The Morgan fingerprint density at radius 3 is 2.36 bits per heavy atom. The highest BCUT2D eigenvalue weighted by Gasteiger charge is 2.39. The number of ether oxygens (including phenoxy) is 2. The number of piperidine rings is 1. The molecule has 3 aromatic rings. The van der Waals surface area contributed by atoms with Crippen molar-refractivity contribution in [3.63, 3.8) is 0 Å². The average molecular weight is 444 g/mol. The molecule has 0 radical (unpaired) electrons. The van der Waals surface area contributed by atoms with Gasteiger partial charge in [0, 0.05) is 36.9 Å². The Morgan fingerprint density at radius 1 is 0.909 bits per heavy atom. The van der Waals surface area contributed by atoms with Gasteiger partial charge in [0.15, 0.2) is 0 Å². The van der Waals surface area contributed by atoms with E-state index >= 15 is 0 Å². The van der Waals surface area contributed by atoms with E-state index in [1.807, 2.05) is 30.5 Å². The van der Waals surface area contributed by atoms with Crippen LogP contribution in [0.3, 0.4) is 0 Å². The molecule has 2 aliphatic heterocycles. The Hall–Kier alpha value is -2.89. The van der Waals surface area contributed by atoms with Crippen LogP contribution in [0.5, 0.6) is 11.5 Å². The Bertz CT molecular complexity index is 1040. The highest BCUT2D eigenvalue weighted by molar-refractivity contribution is 5.60. The quantitative estimate of drug-likeness (QED) is 0.528. The minimum atomic E-state index is 0.345. The van der Waals surface area contributed by atoms with Gasteiger partial charge in [0.25, 0.3) is 0 Å². The molecule has 5 nitrogen and oxygen atoms in total. The molecule has 1 N–H and O–H groups in total. The van der Waals surface area contributed by atoms with Gasteiger partial charge < -0.3 is 19.7 Å². The zero-order valence-electron chi connectivity index (χ0n) is 19.5. The molecule has 0 amide bonds. The largest absolute Gasteiger partial charge is 0.497 e. The van der Waals surface area contributed by atoms with Crippen LogP contribution in [0.15, 0.2) is 66.9 Å². The molecule has 5 rings (SSSR count). The number of fused-ring (bicyclic) bond motifs is 2. The summed E-state index contributed by atoms with van der Waals surface area (Å²) in [5, 5.41) is 3.53. The van der Waals surface area contributed by atoms with Gasteiger partial charge in [-0.3, -0.25) is 4.98 Å². The van der Waals surface area contributed by atoms with Crippen LogP contribution < -0.4 is 14.8 Å². The van der Waals surface area contributed by atoms with Crippen LogP contribution in [0.1, 0.15) is 36.8 Å². The van der Waals surface area contributed by atoms with E-state index in [1.54, 1.807) is 7.11 Å². The van der Waals surface area contributed by atoms with E-state index in [9.17, 15) is 0 Å². The van der Waals surface area contributed by atoms with Crippen LogP contribution >= 0.6 is 0 Å². The Labute approximate surface area is 196 Å². The predicted octanol–water partition coefficient (Wildman–Crippen LogP) is 5.05. The van der Waals surface area contributed by atoms with Crippen molar-refractivity contribution in [2.45, 2.75) is 57.0 Å². The maximum atomic E-state index is 6.39. The third-order valence-electron chi connectivity index (χ3n) is 7.12. The van der Waals surface area contributed by atoms with E-state index in [0.29, 0.717) is 18.2 Å². The molecule has 33 heavy (non-hydrogen) atoms. The highest BCUT2D eigenvalue weighted by atomic mass is 16.5. The second-order valence-electron chi connectivity index (χ2n) is 9.29. The molecule has 5 heteroatoms. The summed E-state index contributed by atoms with van der Waals surface area (Å²) in [6.07, 6.45) is 7.23. The van der Waals surface area contributed by atoms with Crippen molar-refractivity contribution in [3.05, 3.63) is 78.0 Å². The molecule has 2 aliphatic rings. The lowest BCUT2D eigenvalue weighted by atomic mass is 10.0. The SMILES string of the molecule is COc1ccc(-c2ccc(CNCc3cccc(OC4C[C@H]5CC[C@@H](C4)N5C)c3)cn2)cc1. The normalized spacial score (nSPS) is 22.3. The van der Waals surface area contributed by atoms with Crippen molar-refractivity contribution >= 4 is 0 Å². The molecule has 0 aliphatic carbocycles. The summed E-state index contributed by atoms with van der Waals surface area (Å²) >= 11 is 0. The fourth-order valence-electron chi connectivity index (χ4n) is 5.19. The first-order chi connectivity index (χ1) is 16.2. The molecule has 0 spiro atoms. The summed E-state index contributed by atoms with van der Waals surface area (Å²) in [5.41, 5.74) is 4.46. The third-order valence-corrected chi connectivity index (χ3v) is 7.12. The highest BCUT2D eigenvalue weighted by Crippen LogP contribution is 2.36. The molecular weight excluding hydrogens is 410 g/mol. The molecule has 172 valence electrons. The average Bonchev–Trinajstić information content (AvgIpc) is 3.05.